The summed E-state index contributed by atoms with van der Waals surface area (Å²) < 4.78 is 51.3. The normalized spacial score (nSPS) is 12.7. The molecule has 0 radical (unpaired) electrons. The topological polar surface area (TPSA) is 88.1 Å². The lowest BCUT2D eigenvalue weighted by atomic mass is 9.93. The largest absolute Gasteiger partial charge is 0.490 e. The summed E-state index contributed by atoms with van der Waals surface area (Å²) in [5, 5.41) is 10.8. The number of rotatable bonds is 10. The fourth-order valence-electron chi connectivity index (χ4n) is 4.25. The van der Waals surface area contributed by atoms with Gasteiger partial charge in [0.15, 0.2) is 17.4 Å². The number of nitrogens with zero attached hydrogens (tertiary/aromatic N) is 1. The molecule has 0 saturated carbocycles. The van der Waals surface area contributed by atoms with E-state index in [9.17, 15) is 18.0 Å². The van der Waals surface area contributed by atoms with E-state index in [1.54, 1.807) is 17.0 Å². The van der Waals surface area contributed by atoms with Gasteiger partial charge in [0.25, 0.3) is 12.4 Å². The Balaban J connectivity index is 0.00000147. The summed E-state index contributed by atoms with van der Waals surface area (Å²) in [5.74, 6) is -3.83. The quantitative estimate of drug-likeness (QED) is 0.179. The number of hydrogen-bond acceptors (Lipinski definition) is 5. The Morgan fingerprint density at radius 3 is 2.37 bits per heavy atom. The fraction of sp³-hybridized carbons (Fsp3) is 0.267. The van der Waals surface area contributed by atoms with Crippen molar-refractivity contribution >= 4 is 29.6 Å². The Morgan fingerprint density at radius 2 is 1.68 bits per heavy atom. The molecule has 3 aromatic rings. The third-order valence-electron chi connectivity index (χ3n) is 6.27. The highest BCUT2D eigenvalue weighted by Crippen LogP contribution is 2.29. The van der Waals surface area contributed by atoms with Crippen molar-refractivity contribution in [2.75, 3.05) is 32.8 Å². The summed E-state index contributed by atoms with van der Waals surface area (Å²) in [6.45, 7) is 3.70. The number of likely N-dealkylation sites (N-methyl/N-ethyl adjacent to an activating group) is 1. The molecule has 0 atom stereocenters. The average molecular weight is 591 g/mol. The van der Waals surface area contributed by atoms with E-state index >= 15 is 0 Å². The number of benzene rings is 3. The second kappa shape index (κ2) is 15.7. The monoisotopic (exact) mass is 590 g/mol. The number of ether oxygens (including phenoxy) is 2. The van der Waals surface area contributed by atoms with Crippen LogP contribution >= 0.6 is 11.6 Å². The zero-order chi connectivity index (χ0) is 29.8. The van der Waals surface area contributed by atoms with Gasteiger partial charge in [0, 0.05) is 30.2 Å². The van der Waals surface area contributed by atoms with Crippen molar-refractivity contribution in [2.24, 2.45) is 0 Å². The molecule has 1 aliphatic heterocycles. The number of halogens is 4. The number of hydrogen-bond donors (Lipinski definition) is 2. The minimum Gasteiger partial charge on any atom is -0.490 e. The second-order valence-electron chi connectivity index (χ2n) is 8.79. The van der Waals surface area contributed by atoms with Crippen molar-refractivity contribution in [3.8, 4) is 11.5 Å². The minimum atomic E-state index is -1.37. The van der Waals surface area contributed by atoms with Crippen molar-refractivity contribution < 1.29 is 37.3 Å². The van der Waals surface area contributed by atoms with Crippen LogP contribution in [0.4, 0.5) is 13.2 Å². The van der Waals surface area contributed by atoms with Crippen LogP contribution in [0.2, 0.25) is 5.02 Å². The number of nitrogens with one attached hydrogen (secondary N) is 1. The Kier molecular flexibility index (Phi) is 12.1. The van der Waals surface area contributed by atoms with Crippen molar-refractivity contribution in [3.05, 3.63) is 99.8 Å². The van der Waals surface area contributed by atoms with Crippen LogP contribution in [0.25, 0.3) is 5.57 Å². The molecule has 3 aromatic carbocycles. The SMILES string of the molecule is CCN(Cc1ccccc1Cl)C(=O)C1=C(c2ccc(OCCOc3c(F)ccc(F)c3F)cc2)CCNC1.O=CO. The first-order chi connectivity index (χ1) is 19.8. The van der Waals surface area contributed by atoms with E-state index in [4.69, 9.17) is 31.0 Å². The van der Waals surface area contributed by atoms with Gasteiger partial charge in [0.1, 0.15) is 19.0 Å². The maximum Gasteiger partial charge on any atom is 0.290 e. The predicted molar refractivity (Wildman–Crippen MR) is 149 cm³/mol. The van der Waals surface area contributed by atoms with Crippen LogP contribution in [0.5, 0.6) is 11.5 Å². The molecule has 1 amide bonds. The standard InChI is InChI=1S/C29H28ClF3N2O3.CH2O2/c1-2-35(18-20-5-3-4-6-24(20)30)29(36)23-17-34-14-13-22(23)19-7-9-21(10-8-19)37-15-16-38-28-26(32)12-11-25(31)27(28)33;2-1-3/h3-12,34H,2,13-18H2,1H3;1H,(H,2,3). The molecule has 1 heterocycles. The summed E-state index contributed by atoms with van der Waals surface area (Å²) in [4.78, 5) is 23.7. The third-order valence-corrected chi connectivity index (χ3v) is 6.64. The van der Waals surface area contributed by atoms with Crippen LogP contribution < -0.4 is 14.8 Å². The molecule has 0 aliphatic carbocycles. The van der Waals surface area contributed by atoms with E-state index in [-0.39, 0.29) is 25.6 Å². The third kappa shape index (κ3) is 8.48. The van der Waals surface area contributed by atoms with E-state index in [0.717, 1.165) is 29.3 Å². The first kappa shape index (κ1) is 31.5. The molecule has 0 unspecified atom stereocenters. The summed E-state index contributed by atoms with van der Waals surface area (Å²) >= 11 is 6.32. The van der Waals surface area contributed by atoms with Crippen molar-refractivity contribution in [1.82, 2.24) is 10.2 Å². The molecular formula is C30H30ClF3N2O5. The predicted octanol–water partition coefficient (Wildman–Crippen LogP) is 5.71. The molecular weight excluding hydrogens is 561 g/mol. The van der Waals surface area contributed by atoms with Gasteiger partial charge < -0.3 is 24.8 Å². The van der Waals surface area contributed by atoms with E-state index in [1.807, 2.05) is 43.3 Å². The smallest absolute Gasteiger partial charge is 0.290 e. The Bertz CT molecular complexity index is 1370. The van der Waals surface area contributed by atoms with Crippen LogP contribution in [0, 0.1) is 17.5 Å². The highest BCUT2D eigenvalue weighted by Gasteiger charge is 2.24. The molecule has 0 bridgehead atoms. The Labute approximate surface area is 241 Å². The summed E-state index contributed by atoms with van der Waals surface area (Å²) in [5.41, 5.74) is 3.49. The molecule has 0 spiro atoms. The number of carbonyl (C=O) groups is 2. The maximum atomic E-state index is 13.7. The Hall–Kier alpha value is -4.02. The van der Waals surface area contributed by atoms with E-state index in [2.05, 4.69) is 5.32 Å². The number of carbonyl (C=O) groups excluding carboxylic acids is 1. The van der Waals surface area contributed by atoms with Gasteiger partial charge in [-0.3, -0.25) is 9.59 Å². The van der Waals surface area contributed by atoms with E-state index < -0.39 is 23.2 Å². The molecule has 1 aliphatic rings. The van der Waals surface area contributed by atoms with Crippen molar-refractivity contribution in [3.63, 3.8) is 0 Å². The van der Waals surface area contributed by atoms with Gasteiger partial charge in [-0.25, -0.2) is 8.78 Å². The molecule has 41 heavy (non-hydrogen) atoms. The Morgan fingerprint density at radius 1 is 1.02 bits per heavy atom. The average Bonchev–Trinajstić information content (AvgIpc) is 2.99. The molecule has 4 rings (SSSR count). The van der Waals surface area contributed by atoms with Crippen LogP contribution in [0.1, 0.15) is 24.5 Å². The molecule has 218 valence electrons. The molecule has 0 fully saturated rings. The number of carboxylic acid groups (broad SMARTS) is 1. The lowest BCUT2D eigenvalue weighted by molar-refractivity contribution is -0.127. The van der Waals surface area contributed by atoms with E-state index in [0.29, 0.717) is 48.5 Å². The highest BCUT2D eigenvalue weighted by atomic mass is 35.5. The summed E-state index contributed by atoms with van der Waals surface area (Å²) in [6, 6.07) is 16.3. The van der Waals surface area contributed by atoms with Gasteiger partial charge in [-0.2, -0.15) is 4.39 Å². The maximum absolute atomic E-state index is 13.7. The molecule has 0 saturated heterocycles. The first-order valence-corrected chi connectivity index (χ1v) is 13.2. The van der Waals surface area contributed by atoms with Gasteiger partial charge in [0.2, 0.25) is 5.82 Å². The van der Waals surface area contributed by atoms with Gasteiger partial charge in [-0.15, -0.1) is 0 Å². The van der Waals surface area contributed by atoms with Crippen molar-refractivity contribution in [1.29, 1.82) is 0 Å². The fourth-order valence-corrected chi connectivity index (χ4v) is 4.45. The van der Waals surface area contributed by atoms with Crippen LogP contribution in [0.15, 0.2) is 66.2 Å². The van der Waals surface area contributed by atoms with Crippen molar-refractivity contribution in [2.45, 2.75) is 19.9 Å². The minimum absolute atomic E-state index is 0.00139. The zero-order valence-electron chi connectivity index (χ0n) is 22.3. The van der Waals surface area contributed by atoms with Crippen LogP contribution in [-0.2, 0) is 16.1 Å². The first-order valence-electron chi connectivity index (χ1n) is 12.8. The number of amides is 1. The molecule has 11 heteroatoms. The van der Waals surface area contributed by atoms with Gasteiger partial charge in [0.05, 0.1) is 0 Å². The summed E-state index contributed by atoms with van der Waals surface area (Å²) in [6.07, 6.45) is 0.698. The summed E-state index contributed by atoms with van der Waals surface area (Å²) in [7, 11) is 0. The van der Waals surface area contributed by atoms with E-state index in [1.165, 1.54) is 0 Å². The lowest BCUT2D eigenvalue weighted by Crippen LogP contribution is -2.37. The molecule has 2 N–H and O–H groups in total. The molecule has 0 aromatic heterocycles. The molecule has 7 nitrogen and oxygen atoms in total. The van der Waals surface area contributed by atoms with Gasteiger partial charge in [-0.05, 0) is 66.9 Å². The highest BCUT2D eigenvalue weighted by molar-refractivity contribution is 6.31. The van der Waals surface area contributed by atoms with Crippen LogP contribution in [-0.4, -0.2) is 55.2 Å². The second-order valence-corrected chi connectivity index (χ2v) is 9.20. The van der Waals surface area contributed by atoms with Crippen LogP contribution in [0.3, 0.4) is 0 Å². The zero-order valence-corrected chi connectivity index (χ0v) is 23.1. The van der Waals surface area contributed by atoms with Gasteiger partial charge in [-0.1, -0.05) is 41.9 Å². The van der Waals surface area contributed by atoms with Gasteiger partial charge >= 0.3 is 0 Å². The lowest BCUT2D eigenvalue weighted by Gasteiger charge is -2.27.